The van der Waals surface area contributed by atoms with E-state index < -0.39 is 10.0 Å². The third-order valence-electron chi connectivity index (χ3n) is 2.32. The average Bonchev–Trinajstić information content (AvgIpc) is 2.27. The van der Waals surface area contributed by atoms with Crippen LogP contribution in [0.2, 0.25) is 0 Å². The molecule has 0 amide bonds. The number of nitrogens with zero attached hydrogens (tertiary/aromatic N) is 1. The molecule has 0 aliphatic heterocycles. The highest BCUT2D eigenvalue weighted by molar-refractivity contribution is 7.89. The normalized spacial score (nSPS) is 11.8. The van der Waals surface area contributed by atoms with Crippen LogP contribution in [0, 0.1) is 0 Å². The van der Waals surface area contributed by atoms with E-state index in [-0.39, 0.29) is 10.6 Å². The quantitative estimate of drug-likeness (QED) is 0.799. The number of sulfonamides is 1. The summed E-state index contributed by atoms with van der Waals surface area (Å²) in [6.07, 6.45) is 0. The van der Waals surface area contributed by atoms with Crippen molar-refractivity contribution in [1.29, 1.82) is 0 Å². The zero-order chi connectivity index (χ0) is 12.3. The minimum absolute atomic E-state index is 0.133. The van der Waals surface area contributed by atoms with Gasteiger partial charge >= 0.3 is 0 Å². The molecular weight excluding hydrogens is 228 g/mol. The van der Waals surface area contributed by atoms with Crippen molar-refractivity contribution in [2.75, 3.05) is 26.4 Å². The van der Waals surface area contributed by atoms with Crippen molar-refractivity contribution in [1.82, 2.24) is 4.31 Å². The Balaban J connectivity index is 3.33. The van der Waals surface area contributed by atoms with Gasteiger partial charge < -0.3 is 10.5 Å². The molecule has 0 saturated heterocycles. The van der Waals surface area contributed by atoms with Crippen molar-refractivity contribution in [3.63, 3.8) is 0 Å². The van der Waals surface area contributed by atoms with Crippen LogP contribution in [0.3, 0.4) is 0 Å². The van der Waals surface area contributed by atoms with Crippen LogP contribution in [0.1, 0.15) is 6.92 Å². The fourth-order valence-corrected chi connectivity index (χ4v) is 2.55. The molecule has 1 rings (SSSR count). The van der Waals surface area contributed by atoms with Gasteiger partial charge in [-0.05, 0) is 12.1 Å². The number of benzene rings is 1. The van der Waals surface area contributed by atoms with Gasteiger partial charge in [0.1, 0.15) is 10.6 Å². The second kappa shape index (κ2) is 4.71. The third kappa shape index (κ3) is 2.28. The molecule has 0 aliphatic carbocycles. The number of hydrogen-bond donors (Lipinski definition) is 1. The van der Waals surface area contributed by atoms with Gasteiger partial charge in [-0.3, -0.25) is 0 Å². The van der Waals surface area contributed by atoms with Crippen molar-refractivity contribution >= 4 is 15.7 Å². The van der Waals surface area contributed by atoms with Crippen LogP contribution in [0.25, 0.3) is 0 Å². The molecule has 16 heavy (non-hydrogen) atoms. The molecule has 2 N–H and O–H groups in total. The van der Waals surface area contributed by atoms with Gasteiger partial charge in [0.25, 0.3) is 0 Å². The molecule has 0 aromatic heterocycles. The van der Waals surface area contributed by atoms with E-state index in [1.807, 2.05) is 0 Å². The Morgan fingerprint density at radius 2 is 2.06 bits per heavy atom. The molecule has 0 atom stereocenters. The third-order valence-corrected chi connectivity index (χ3v) is 4.29. The summed E-state index contributed by atoms with van der Waals surface area (Å²) in [4.78, 5) is 0.133. The smallest absolute Gasteiger partial charge is 0.246 e. The summed E-state index contributed by atoms with van der Waals surface area (Å²) >= 11 is 0. The molecule has 0 unspecified atom stereocenters. The summed E-state index contributed by atoms with van der Waals surface area (Å²) in [5.74, 6) is 0.264. The molecule has 0 spiro atoms. The largest absolute Gasteiger partial charge is 0.495 e. The summed E-state index contributed by atoms with van der Waals surface area (Å²) in [6.45, 7) is 2.16. The molecule has 90 valence electrons. The number of nitrogens with two attached hydrogens (primary N) is 1. The van der Waals surface area contributed by atoms with Crippen molar-refractivity contribution < 1.29 is 13.2 Å². The van der Waals surface area contributed by atoms with Gasteiger partial charge in [-0.15, -0.1) is 0 Å². The minimum atomic E-state index is -3.50. The van der Waals surface area contributed by atoms with Crippen LogP contribution in [0.4, 0.5) is 5.69 Å². The van der Waals surface area contributed by atoms with Gasteiger partial charge in [-0.25, -0.2) is 12.7 Å². The molecule has 6 heteroatoms. The molecule has 0 radical (unpaired) electrons. The zero-order valence-corrected chi connectivity index (χ0v) is 10.4. The summed E-state index contributed by atoms with van der Waals surface area (Å²) in [5, 5.41) is 0. The summed E-state index contributed by atoms with van der Waals surface area (Å²) in [5.41, 5.74) is 6.03. The van der Waals surface area contributed by atoms with E-state index in [1.54, 1.807) is 13.0 Å². The molecule has 5 nitrogen and oxygen atoms in total. The van der Waals surface area contributed by atoms with Crippen molar-refractivity contribution in [3.8, 4) is 5.75 Å². The van der Waals surface area contributed by atoms with E-state index in [4.69, 9.17) is 10.5 Å². The lowest BCUT2D eigenvalue weighted by atomic mass is 10.3. The van der Waals surface area contributed by atoms with E-state index in [0.717, 1.165) is 0 Å². The van der Waals surface area contributed by atoms with Gasteiger partial charge in [0.05, 0.1) is 7.11 Å². The second-order valence-electron chi connectivity index (χ2n) is 3.33. The Morgan fingerprint density at radius 3 is 2.56 bits per heavy atom. The molecule has 1 aromatic rings. The van der Waals surface area contributed by atoms with E-state index in [2.05, 4.69) is 0 Å². The maximum absolute atomic E-state index is 12.1. The Hall–Kier alpha value is -1.27. The highest BCUT2D eigenvalue weighted by atomic mass is 32.2. The number of rotatable bonds is 4. The lowest BCUT2D eigenvalue weighted by molar-refractivity contribution is 0.399. The molecule has 0 bridgehead atoms. The Labute approximate surface area is 95.9 Å². The fourth-order valence-electron chi connectivity index (χ4n) is 1.24. The highest BCUT2D eigenvalue weighted by Crippen LogP contribution is 2.27. The SMILES string of the molecule is CCN(C)S(=O)(=O)c1ccc(N)cc1OC. The van der Waals surface area contributed by atoms with Crippen LogP contribution in [0.15, 0.2) is 23.1 Å². The van der Waals surface area contributed by atoms with E-state index in [1.165, 1.54) is 30.6 Å². The molecule has 0 fully saturated rings. The first kappa shape index (κ1) is 12.8. The van der Waals surface area contributed by atoms with Crippen LogP contribution in [-0.2, 0) is 10.0 Å². The molecular formula is C10H16N2O3S. The van der Waals surface area contributed by atoms with Gasteiger partial charge in [-0.2, -0.15) is 0 Å². The summed E-state index contributed by atoms with van der Waals surface area (Å²) in [6, 6.07) is 4.49. The lowest BCUT2D eigenvalue weighted by Gasteiger charge is -2.17. The highest BCUT2D eigenvalue weighted by Gasteiger charge is 2.23. The molecule has 0 heterocycles. The van der Waals surface area contributed by atoms with Crippen molar-refractivity contribution in [3.05, 3.63) is 18.2 Å². The number of ether oxygens (including phenoxy) is 1. The fraction of sp³-hybridized carbons (Fsp3) is 0.400. The van der Waals surface area contributed by atoms with E-state index in [0.29, 0.717) is 12.2 Å². The van der Waals surface area contributed by atoms with Crippen LogP contribution in [-0.4, -0.2) is 33.4 Å². The first-order chi connectivity index (χ1) is 7.43. The van der Waals surface area contributed by atoms with E-state index in [9.17, 15) is 8.42 Å². The predicted octanol–water partition coefficient (Wildman–Crippen LogP) is 0.918. The van der Waals surface area contributed by atoms with Crippen LogP contribution < -0.4 is 10.5 Å². The predicted molar refractivity (Wildman–Crippen MR) is 62.9 cm³/mol. The number of hydrogen-bond acceptors (Lipinski definition) is 4. The Bertz CT molecular complexity index is 471. The summed E-state index contributed by atoms with van der Waals surface area (Å²) in [7, 11) is -0.560. The standard InChI is InChI=1S/C10H16N2O3S/c1-4-12(2)16(13,14)10-6-5-8(11)7-9(10)15-3/h5-7H,4,11H2,1-3H3. The second-order valence-corrected chi connectivity index (χ2v) is 5.34. The topological polar surface area (TPSA) is 72.6 Å². The maximum atomic E-state index is 12.1. The van der Waals surface area contributed by atoms with Gasteiger partial charge in [0.2, 0.25) is 10.0 Å². The van der Waals surface area contributed by atoms with Gasteiger partial charge in [-0.1, -0.05) is 6.92 Å². The first-order valence-corrected chi connectivity index (χ1v) is 6.27. The monoisotopic (exact) mass is 244 g/mol. The lowest BCUT2D eigenvalue weighted by Crippen LogP contribution is -2.26. The van der Waals surface area contributed by atoms with Gasteiger partial charge in [0, 0.05) is 25.3 Å². The molecule has 0 aliphatic rings. The van der Waals surface area contributed by atoms with Crippen molar-refractivity contribution in [2.24, 2.45) is 0 Å². The van der Waals surface area contributed by atoms with Crippen LogP contribution in [0.5, 0.6) is 5.75 Å². The zero-order valence-electron chi connectivity index (χ0n) is 9.60. The summed E-state index contributed by atoms with van der Waals surface area (Å²) < 4.78 is 30.4. The van der Waals surface area contributed by atoms with Crippen molar-refractivity contribution in [2.45, 2.75) is 11.8 Å². The number of methoxy groups -OCH3 is 1. The number of nitrogen functional groups attached to an aromatic ring is 1. The van der Waals surface area contributed by atoms with Crippen LogP contribution >= 0.6 is 0 Å². The average molecular weight is 244 g/mol. The minimum Gasteiger partial charge on any atom is -0.495 e. The molecule has 0 saturated carbocycles. The van der Waals surface area contributed by atoms with E-state index >= 15 is 0 Å². The first-order valence-electron chi connectivity index (χ1n) is 4.83. The maximum Gasteiger partial charge on any atom is 0.246 e. The Morgan fingerprint density at radius 1 is 1.44 bits per heavy atom. The van der Waals surface area contributed by atoms with Gasteiger partial charge in [0.15, 0.2) is 0 Å². The Kier molecular flexibility index (Phi) is 3.77. The molecule has 1 aromatic carbocycles. The number of anilines is 1.